The number of rotatable bonds is 3. The molecule has 1 aliphatic rings. The van der Waals surface area contributed by atoms with Gasteiger partial charge in [-0.25, -0.2) is 0 Å². The van der Waals surface area contributed by atoms with Crippen molar-refractivity contribution in [3.63, 3.8) is 0 Å². The third kappa shape index (κ3) is 1.74. The fourth-order valence-electron chi connectivity index (χ4n) is 2.13. The lowest BCUT2D eigenvalue weighted by molar-refractivity contribution is 0.243. The van der Waals surface area contributed by atoms with Gasteiger partial charge in [-0.1, -0.05) is 11.6 Å². The molecule has 1 aromatic rings. The van der Waals surface area contributed by atoms with Crippen molar-refractivity contribution in [2.45, 2.75) is 24.8 Å². The second-order valence-electron chi connectivity index (χ2n) is 4.20. The van der Waals surface area contributed by atoms with Crippen molar-refractivity contribution in [2.24, 2.45) is 5.73 Å². The van der Waals surface area contributed by atoms with Crippen LogP contribution in [-0.4, -0.2) is 14.2 Å². The SMILES string of the molecule is COc1cc(Cl)c(C2(N)CCC2)c(OC)c1. The Hall–Kier alpha value is -0.930. The highest BCUT2D eigenvalue weighted by molar-refractivity contribution is 6.31. The van der Waals surface area contributed by atoms with E-state index in [1.807, 2.05) is 6.07 Å². The molecule has 1 fully saturated rings. The summed E-state index contributed by atoms with van der Waals surface area (Å²) >= 11 is 6.25. The summed E-state index contributed by atoms with van der Waals surface area (Å²) in [5, 5.41) is 0.624. The van der Waals surface area contributed by atoms with Crippen molar-refractivity contribution >= 4 is 11.6 Å². The van der Waals surface area contributed by atoms with E-state index in [2.05, 4.69) is 0 Å². The van der Waals surface area contributed by atoms with E-state index >= 15 is 0 Å². The molecule has 0 amide bonds. The first-order chi connectivity index (χ1) is 7.60. The maximum Gasteiger partial charge on any atom is 0.129 e. The number of benzene rings is 1. The molecule has 1 saturated carbocycles. The van der Waals surface area contributed by atoms with Crippen LogP contribution in [0.4, 0.5) is 0 Å². The van der Waals surface area contributed by atoms with E-state index in [0.717, 1.165) is 24.8 Å². The zero-order valence-corrected chi connectivity index (χ0v) is 10.3. The summed E-state index contributed by atoms with van der Waals surface area (Å²) in [5.74, 6) is 1.40. The maximum atomic E-state index is 6.29. The smallest absolute Gasteiger partial charge is 0.129 e. The van der Waals surface area contributed by atoms with E-state index < -0.39 is 0 Å². The summed E-state index contributed by atoms with van der Waals surface area (Å²) in [7, 11) is 3.23. The molecule has 0 atom stereocenters. The molecule has 0 bridgehead atoms. The first-order valence-electron chi connectivity index (χ1n) is 5.31. The molecule has 16 heavy (non-hydrogen) atoms. The summed E-state index contributed by atoms with van der Waals surface area (Å²) in [5.41, 5.74) is 6.87. The van der Waals surface area contributed by atoms with Crippen LogP contribution in [0.3, 0.4) is 0 Å². The number of hydrogen-bond acceptors (Lipinski definition) is 3. The summed E-state index contributed by atoms with van der Waals surface area (Å²) in [6.07, 6.45) is 3.05. The van der Waals surface area contributed by atoms with Gasteiger partial charge in [-0.2, -0.15) is 0 Å². The van der Waals surface area contributed by atoms with Gasteiger partial charge >= 0.3 is 0 Å². The third-order valence-electron chi connectivity index (χ3n) is 3.23. The fourth-order valence-corrected chi connectivity index (χ4v) is 2.52. The molecule has 0 spiro atoms. The van der Waals surface area contributed by atoms with E-state index in [9.17, 15) is 0 Å². The van der Waals surface area contributed by atoms with Crippen LogP contribution in [0.5, 0.6) is 11.5 Å². The Kier molecular flexibility index (Phi) is 3.00. The predicted molar refractivity (Wildman–Crippen MR) is 64.3 cm³/mol. The van der Waals surface area contributed by atoms with Crippen molar-refractivity contribution < 1.29 is 9.47 Å². The van der Waals surface area contributed by atoms with Gasteiger partial charge in [0.15, 0.2) is 0 Å². The van der Waals surface area contributed by atoms with Crippen LogP contribution in [0.15, 0.2) is 12.1 Å². The summed E-state index contributed by atoms with van der Waals surface area (Å²) in [6, 6.07) is 3.61. The minimum Gasteiger partial charge on any atom is -0.497 e. The monoisotopic (exact) mass is 241 g/mol. The molecule has 0 radical (unpaired) electrons. The molecule has 0 saturated heterocycles. The number of nitrogens with two attached hydrogens (primary N) is 1. The molecule has 88 valence electrons. The first kappa shape index (κ1) is 11.6. The molecule has 4 heteroatoms. The molecule has 0 aromatic heterocycles. The van der Waals surface area contributed by atoms with Crippen LogP contribution in [-0.2, 0) is 5.54 Å². The zero-order valence-electron chi connectivity index (χ0n) is 9.55. The molecule has 2 N–H and O–H groups in total. The van der Waals surface area contributed by atoms with Crippen molar-refractivity contribution in [3.8, 4) is 11.5 Å². The lowest BCUT2D eigenvalue weighted by atomic mass is 9.72. The van der Waals surface area contributed by atoms with Crippen LogP contribution < -0.4 is 15.2 Å². The van der Waals surface area contributed by atoms with Gasteiger partial charge in [-0.15, -0.1) is 0 Å². The molecular formula is C12H16ClNO2. The van der Waals surface area contributed by atoms with Crippen molar-refractivity contribution in [1.29, 1.82) is 0 Å². The number of ether oxygens (including phenoxy) is 2. The average Bonchev–Trinajstić information content (AvgIpc) is 2.24. The topological polar surface area (TPSA) is 44.5 Å². The molecule has 2 rings (SSSR count). The number of hydrogen-bond donors (Lipinski definition) is 1. The normalized spacial score (nSPS) is 17.8. The van der Waals surface area contributed by atoms with Gasteiger partial charge in [-0.3, -0.25) is 0 Å². The van der Waals surface area contributed by atoms with Crippen LogP contribution in [0.2, 0.25) is 5.02 Å². The van der Waals surface area contributed by atoms with Crippen LogP contribution in [0, 0.1) is 0 Å². The second-order valence-corrected chi connectivity index (χ2v) is 4.60. The van der Waals surface area contributed by atoms with Gasteiger partial charge in [0.1, 0.15) is 11.5 Å². The minimum absolute atomic E-state index is 0.325. The zero-order chi connectivity index (χ0) is 11.8. The molecule has 0 unspecified atom stereocenters. The van der Waals surface area contributed by atoms with Gasteiger partial charge < -0.3 is 15.2 Å². The Morgan fingerprint density at radius 3 is 2.38 bits per heavy atom. The quantitative estimate of drug-likeness (QED) is 0.885. The third-order valence-corrected chi connectivity index (χ3v) is 3.52. The van der Waals surface area contributed by atoms with E-state index in [-0.39, 0.29) is 5.54 Å². The molecular weight excluding hydrogens is 226 g/mol. The Labute approximate surface area is 100 Å². The average molecular weight is 242 g/mol. The van der Waals surface area contributed by atoms with Crippen molar-refractivity contribution in [1.82, 2.24) is 0 Å². The van der Waals surface area contributed by atoms with Gasteiger partial charge in [0.2, 0.25) is 0 Å². The standard InChI is InChI=1S/C12H16ClNO2/c1-15-8-6-9(13)11(10(7-8)16-2)12(14)4-3-5-12/h6-7H,3-5,14H2,1-2H3. The van der Waals surface area contributed by atoms with Crippen LogP contribution >= 0.6 is 11.6 Å². The molecule has 3 nitrogen and oxygen atoms in total. The summed E-state index contributed by atoms with van der Waals surface area (Å²) < 4.78 is 10.5. The second kappa shape index (κ2) is 4.15. The molecule has 0 aliphatic heterocycles. The van der Waals surface area contributed by atoms with E-state index in [4.69, 9.17) is 26.8 Å². The van der Waals surface area contributed by atoms with Gasteiger partial charge in [0.05, 0.1) is 19.2 Å². The predicted octanol–water partition coefficient (Wildman–Crippen LogP) is 2.70. The molecule has 1 aliphatic carbocycles. The Morgan fingerprint density at radius 1 is 1.25 bits per heavy atom. The van der Waals surface area contributed by atoms with Crippen molar-refractivity contribution in [3.05, 3.63) is 22.7 Å². The Morgan fingerprint density at radius 2 is 1.94 bits per heavy atom. The van der Waals surface area contributed by atoms with Gasteiger partial charge in [0, 0.05) is 17.2 Å². The highest BCUT2D eigenvalue weighted by Gasteiger charge is 2.38. The maximum absolute atomic E-state index is 6.29. The highest BCUT2D eigenvalue weighted by Crippen LogP contribution is 2.47. The van der Waals surface area contributed by atoms with Crippen LogP contribution in [0.1, 0.15) is 24.8 Å². The number of methoxy groups -OCH3 is 2. The Bertz CT molecular complexity index is 402. The van der Waals surface area contributed by atoms with E-state index in [0.29, 0.717) is 16.5 Å². The van der Waals surface area contributed by atoms with Crippen LogP contribution in [0.25, 0.3) is 0 Å². The first-order valence-corrected chi connectivity index (χ1v) is 5.69. The highest BCUT2D eigenvalue weighted by atomic mass is 35.5. The molecule has 0 heterocycles. The lowest BCUT2D eigenvalue weighted by Gasteiger charge is -2.40. The van der Waals surface area contributed by atoms with Crippen molar-refractivity contribution in [2.75, 3.05) is 14.2 Å². The van der Waals surface area contributed by atoms with E-state index in [1.54, 1.807) is 20.3 Å². The van der Waals surface area contributed by atoms with Gasteiger partial charge in [-0.05, 0) is 25.3 Å². The van der Waals surface area contributed by atoms with Gasteiger partial charge in [0.25, 0.3) is 0 Å². The largest absolute Gasteiger partial charge is 0.497 e. The summed E-state index contributed by atoms with van der Waals surface area (Å²) in [4.78, 5) is 0. The Balaban J connectivity index is 2.50. The summed E-state index contributed by atoms with van der Waals surface area (Å²) in [6.45, 7) is 0. The van der Waals surface area contributed by atoms with E-state index in [1.165, 1.54) is 0 Å². The fraction of sp³-hybridized carbons (Fsp3) is 0.500. The number of halogens is 1. The molecule has 1 aromatic carbocycles. The lowest BCUT2D eigenvalue weighted by Crippen LogP contribution is -2.43. The minimum atomic E-state index is -0.325.